The first kappa shape index (κ1) is 9.86. The lowest BCUT2D eigenvalue weighted by molar-refractivity contribution is 0.0285. The fraction of sp³-hybridized carbons (Fsp3) is 0.400. The van der Waals surface area contributed by atoms with Crippen LogP contribution in [0.25, 0.3) is 0 Å². The minimum absolute atomic E-state index is 0.275. The fourth-order valence-corrected chi connectivity index (χ4v) is 0.824. The molecule has 72 valence electrons. The standard InChI is InChI=1S/C10H15NO2/c1-10(2,12)7-13-9-5-3-8(11)4-6-9/h3-6,12H,7,11H2,1-2H3. The molecule has 0 fully saturated rings. The van der Waals surface area contributed by atoms with Gasteiger partial charge in [-0.1, -0.05) is 0 Å². The zero-order valence-electron chi connectivity index (χ0n) is 7.95. The summed E-state index contributed by atoms with van der Waals surface area (Å²) in [5.74, 6) is 0.719. The Morgan fingerprint density at radius 1 is 1.31 bits per heavy atom. The molecule has 3 nitrogen and oxygen atoms in total. The molecule has 0 saturated heterocycles. The summed E-state index contributed by atoms with van der Waals surface area (Å²) < 4.78 is 5.32. The van der Waals surface area contributed by atoms with Crippen molar-refractivity contribution < 1.29 is 9.84 Å². The first-order valence-corrected chi connectivity index (χ1v) is 4.18. The number of anilines is 1. The molecule has 3 heteroatoms. The minimum Gasteiger partial charge on any atom is -0.491 e. The van der Waals surface area contributed by atoms with Crippen molar-refractivity contribution in [2.24, 2.45) is 0 Å². The zero-order chi connectivity index (χ0) is 9.90. The topological polar surface area (TPSA) is 55.5 Å². The summed E-state index contributed by atoms with van der Waals surface area (Å²) in [4.78, 5) is 0. The molecular formula is C10H15NO2. The van der Waals surface area contributed by atoms with E-state index >= 15 is 0 Å². The minimum atomic E-state index is -0.804. The van der Waals surface area contributed by atoms with E-state index in [0.717, 1.165) is 5.75 Å². The van der Waals surface area contributed by atoms with Gasteiger partial charge in [0.25, 0.3) is 0 Å². The molecule has 1 rings (SSSR count). The third-order valence-electron chi connectivity index (χ3n) is 1.47. The van der Waals surface area contributed by atoms with Crippen LogP contribution in [0.2, 0.25) is 0 Å². The predicted molar refractivity (Wildman–Crippen MR) is 52.6 cm³/mol. The van der Waals surface area contributed by atoms with Crippen molar-refractivity contribution in [1.29, 1.82) is 0 Å². The monoisotopic (exact) mass is 181 g/mol. The Labute approximate surface area is 78.1 Å². The number of hydrogen-bond acceptors (Lipinski definition) is 3. The van der Waals surface area contributed by atoms with Crippen molar-refractivity contribution >= 4 is 5.69 Å². The van der Waals surface area contributed by atoms with Gasteiger partial charge < -0.3 is 15.6 Å². The molecule has 0 spiro atoms. The first-order chi connectivity index (χ1) is 5.97. The largest absolute Gasteiger partial charge is 0.491 e. The van der Waals surface area contributed by atoms with Gasteiger partial charge in [0, 0.05) is 5.69 Å². The summed E-state index contributed by atoms with van der Waals surface area (Å²) in [5, 5.41) is 9.38. The molecule has 0 amide bonds. The number of benzene rings is 1. The Balaban J connectivity index is 2.51. The highest BCUT2D eigenvalue weighted by Crippen LogP contribution is 2.14. The van der Waals surface area contributed by atoms with Crippen LogP contribution >= 0.6 is 0 Å². The number of rotatable bonds is 3. The van der Waals surface area contributed by atoms with Crippen LogP contribution in [-0.4, -0.2) is 17.3 Å². The number of hydrogen-bond donors (Lipinski definition) is 2. The maximum absolute atomic E-state index is 9.38. The third kappa shape index (κ3) is 3.80. The highest BCUT2D eigenvalue weighted by atomic mass is 16.5. The number of nitrogens with two attached hydrogens (primary N) is 1. The Kier molecular flexibility index (Phi) is 2.78. The van der Waals surface area contributed by atoms with Crippen LogP contribution in [-0.2, 0) is 0 Å². The van der Waals surface area contributed by atoms with Crippen LogP contribution in [0.5, 0.6) is 5.75 Å². The molecule has 0 aliphatic heterocycles. The highest BCUT2D eigenvalue weighted by molar-refractivity contribution is 5.41. The van der Waals surface area contributed by atoms with Crippen molar-refractivity contribution in [2.75, 3.05) is 12.3 Å². The Morgan fingerprint density at radius 3 is 2.31 bits per heavy atom. The van der Waals surface area contributed by atoms with Crippen LogP contribution in [0.1, 0.15) is 13.8 Å². The van der Waals surface area contributed by atoms with Crippen LogP contribution in [0, 0.1) is 0 Å². The second-order valence-corrected chi connectivity index (χ2v) is 3.67. The first-order valence-electron chi connectivity index (χ1n) is 4.18. The van der Waals surface area contributed by atoms with Gasteiger partial charge in [0.05, 0.1) is 5.60 Å². The lowest BCUT2D eigenvalue weighted by atomic mass is 10.2. The predicted octanol–water partition coefficient (Wildman–Crippen LogP) is 1.42. The van der Waals surface area contributed by atoms with Gasteiger partial charge in [-0.15, -0.1) is 0 Å². The average Bonchev–Trinajstić information content (AvgIpc) is 2.02. The van der Waals surface area contributed by atoms with E-state index in [-0.39, 0.29) is 6.61 Å². The Bertz CT molecular complexity index is 261. The van der Waals surface area contributed by atoms with Gasteiger partial charge in [0.2, 0.25) is 0 Å². The van der Waals surface area contributed by atoms with Crippen molar-refractivity contribution in [3.05, 3.63) is 24.3 Å². The maximum atomic E-state index is 9.38. The highest BCUT2D eigenvalue weighted by Gasteiger charge is 2.12. The molecule has 13 heavy (non-hydrogen) atoms. The van der Waals surface area contributed by atoms with Gasteiger partial charge >= 0.3 is 0 Å². The second-order valence-electron chi connectivity index (χ2n) is 3.67. The van der Waals surface area contributed by atoms with E-state index in [1.807, 2.05) is 0 Å². The van der Waals surface area contributed by atoms with Crippen LogP contribution in [0.15, 0.2) is 24.3 Å². The van der Waals surface area contributed by atoms with Gasteiger partial charge in [-0.3, -0.25) is 0 Å². The van der Waals surface area contributed by atoms with Crippen molar-refractivity contribution in [2.45, 2.75) is 19.4 Å². The molecule has 1 aromatic rings. The quantitative estimate of drug-likeness (QED) is 0.693. The maximum Gasteiger partial charge on any atom is 0.119 e. The van der Waals surface area contributed by atoms with Crippen molar-refractivity contribution in [3.63, 3.8) is 0 Å². The molecule has 1 aromatic carbocycles. The average molecular weight is 181 g/mol. The molecule has 0 aromatic heterocycles. The van der Waals surface area contributed by atoms with E-state index in [9.17, 15) is 5.11 Å². The molecule has 0 heterocycles. The summed E-state index contributed by atoms with van der Waals surface area (Å²) in [6, 6.07) is 7.08. The zero-order valence-corrected chi connectivity index (χ0v) is 7.95. The number of nitrogen functional groups attached to an aromatic ring is 1. The lowest BCUT2D eigenvalue weighted by Gasteiger charge is -2.17. The molecule has 0 aliphatic rings. The molecule has 0 bridgehead atoms. The Hall–Kier alpha value is -1.22. The third-order valence-corrected chi connectivity index (χ3v) is 1.47. The lowest BCUT2D eigenvalue weighted by Crippen LogP contribution is -2.27. The van der Waals surface area contributed by atoms with Gasteiger partial charge in [0.15, 0.2) is 0 Å². The van der Waals surface area contributed by atoms with E-state index in [4.69, 9.17) is 10.5 Å². The second kappa shape index (κ2) is 3.66. The van der Waals surface area contributed by atoms with Gasteiger partial charge in [-0.2, -0.15) is 0 Å². The van der Waals surface area contributed by atoms with Gasteiger partial charge in [-0.25, -0.2) is 0 Å². The number of aliphatic hydroxyl groups is 1. The smallest absolute Gasteiger partial charge is 0.119 e. The van der Waals surface area contributed by atoms with Gasteiger partial charge in [0.1, 0.15) is 12.4 Å². The van der Waals surface area contributed by atoms with Crippen LogP contribution in [0.4, 0.5) is 5.69 Å². The van der Waals surface area contributed by atoms with Crippen molar-refractivity contribution in [1.82, 2.24) is 0 Å². The molecule has 0 aliphatic carbocycles. The Morgan fingerprint density at radius 2 is 1.85 bits per heavy atom. The normalized spacial score (nSPS) is 11.3. The molecule has 3 N–H and O–H groups in total. The van der Waals surface area contributed by atoms with E-state index in [0.29, 0.717) is 5.69 Å². The molecule has 0 radical (unpaired) electrons. The summed E-state index contributed by atoms with van der Waals surface area (Å²) in [6.07, 6.45) is 0. The molecule has 0 saturated carbocycles. The van der Waals surface area contributed by atoms with Gasteiger partial charge in [-0.05, 0) is 38.1 Å². The number of ether oxygens (including phenoxy) is 1. The molecular weight excluding hydrogens is 166 g/mol. The summed E-state index contributed by atoms with van der Waals surface area (Å²) in [6.45, 7) is 3.67. The summed E-state index contributed by atoms with van der Waals surface area (Å²) >= 11 is 0. The molecule has 0 atom stereocenters. The SMILES string of the molecule is CC(C)(O)COc1ccc(N)cc1. The summed E-state index contributed by atoms with van der Waals surface area (Å²) in [5.41, 5.74) is 5.40. The van der Waals surface area contributed by atoms with E-state index in [1.54, 1.807) is 38.1 Å². The van der Waals surface area contributed by atoms with Crippen LogP contribution in [0.3, 0.4) is 0 Å². The molecule has 0 unspecified atom stereocenters. The van der Waals surface area contributed by atoms with E-state index < -0.39 is 5.60 Å². The fourth-order valence-electron chi connectivity index (χ4n) is 0.824. The van der Waals surface area contributed by atoms with Crippen molar-refractivity contribution in [3.8, 4) is 5.75 Å². The van der Waals surface area contributed by atoms with Crippen LogP contribution < -0.4 is 10.5 Å². The van der Waals surface area contributed by atoms with E-state index in [2.05, 4.69) is 0 Å². The van der Waals surface area contributed by atoms with E-state index in [1.165, 1.54) is 0 Å². The summed E-state index contributed by atoms with van der Waals surface area (Å²) in [7, 11) is 0.